The SMILES string of the molecule is CC(C)(C)N1CCOC1c1ccccc1. The molecule has 0 saturated carbocycles. The van der Waals surface area contributed by atoms with E-state index in [9.17, 15) is 0 Å². The fourth-order valence-electron chi connectivity index (χ4n) is 2.05. The predicted molar refractivity (Wildman–Crippen MR) is 61.6 cm³/mol. The number of hydrogen-bond acceptors (Lipinski definition) is 2. The van der Waals surface area contributed by atoms with Crippen molar-refractivity contribution in [3.63, 3.8) is 0 Å². The molecule has 0 N–H and O–H groups in total. The van der Waals surface area contributed by atoms with Gasteiger partial charge < -0.3 is 4.74 Å². The van der Waals surface area contributed by atoms with Gasteiger partial charge in [0.2, 0.25) is 0 Å². The van der Waals surface area contributed by atoms with Crippen molar-refractivity contribution in [2.75, 3.05) is 13.2 Å². The van der Waals surface area contributed by atoms with Gasteiger partial charge in [0, 0.05) is 12.1 Å². The molecule has 1 aliphatic heterocycles. The van der Waals surface area contributed by atoms with Crippen molar-refractivity contribution in [2.45, 2.75) is 32.5 Å². The van der Waals surface area contributed by atoms with E-state index in [1.165, 1.54) is 5.56 Å². The Labute approximate surface area is 91.9 Å². The van der Waals surface area contributed by atoms with Gasteiger partial charge in [-0.2, -0.15) is 0 Å². The molecular formula is C13H19NO. The third kappa shape index (κ3) is 2.21. The Morgan fingerprint density at radius 1 is 1.20 bits per heavy atom. The van der Waals surface area contributed by atoms with Gasteiger partial charge >= 0.3 is 0 Å². The van der Waals surface area contributed by atoms with Crippen LogP contribution in [0.5, 0.6) is 0 Å². The zero-order valence-corrected chi connectivity index (χ0v) is 9.73. The van der Waals surface area contributed by atoms with Crippen LogP contribution in [0.2, 0.25) is 0 Å². The van der Waals surface area contributed by atoms with Crippen molar-refractivity contribution >= 4 is 0 Å². The van der Waals surface area contributed by atoms with Gasteiger partial charge in [-0.3, -0.25) is 4.90 Å². The number of benzene rings is 1. The molecule has 82 valence electrons. The molecule has 1 fully saturated rings. The van der Waals surface area contributed by atoms with Crippen LogP contribution in [0.25, 0.3) is 0 Å². The molecule has 0 radical (unpaired) electrons. The molecule has 1 aliphatic rings. The lowest BCUT2D eigenvalue weighted by Gasteiger charge is -2.35. The summed E-state index contributed by atoms with van der Waals surface area (Å²) in [7, 11) is 0. The highest BCUT2D eigenvalue weighted by molar-refractivity contribution is 5.18. The molecule has 2 rings (SSSR count). The molecular weight excluding hydrogens is 186 g/mol. The first-order valence-electron chi connectivity index (χ1n) is 5.52. The Kier molecular flexibility index (Phi) is 2.81. The van der Waals surface area contributed by atoms with Gasteiger partial charge in [-0.25, -0.2) is 0 Å². The Morgan fingerprint density at radius 2 is 1.87 bits per heavy atom. The molecule has 1 unspecified atom stereocenters. The van der Waals surface area contributed by atoms with E-state index in [2.05, 4.69) is 49.9 Å². The Hall–Kier alpha value is -0.860. The Morgan fingerprint density at radius 3 is 2.47 bits per heavy atom. The molecule has 2 heteroatoms. The maximum absolute atomic E-state index is 5.80. The lowest BCUT2D eigenvalue weighted by molar-refractivity contribution is -0.0108. The largest absolute Gasteiger partial charge is 0.357 e. The summed E-state index contributed by atoms with van der Waals surface area (Å²) in [6.45, 7) is 8.55. The summed E-state index contributed by atoms with van der Waals surface area (Å²) >= 11 is 0. The standard InChI is InChI=1S/C13H19NO/c1-13(2,3)14-9-10-15-12(14)11-7-5-4-6-8-11/h4-8,12H,9-10H2,1-3H3. The first kappa shape index (κ1) is 10.7. The van der Waals surface area contributed by atoms with Crippen LogP contribution in [0.4, 0.5) is 0 Å². The van der Waals surface area contributed by atoms with Gasteiger partial charge in [0.05, 0.1) is 6.61 Å². The summed E-state index contributed by atoms with van der Waals surface area (Å²) in [6, 6.07) is 10.4. The lowest BCUT2D eigenvalue weighted by atomic mass is 10.0. The Bertz CT molecular complexity index is 315. The normalized spacial score (nSPS) is 23.3. The Balaban J connectivity index is 2.23. The molecule has 15 heavy (non-hydrogen) atoms. The molecule has 0 aromatic heterocycles. The molecule has 1 heterocycles. The maximum Gasteiger partial charge on any atom is 0.137 e. The first-order valence-corrected chi connectivity index (χ1v) is 5.52. The fourth-order valence-corrected chi connectivity index (χ4v) is 2.05. The van der Waals surface area contributed by atoms with E-state index in [0.717, 1.165) is 13.2 Å². The van der Waals surface area contributed by atoms with E-state index in [1.54, 1.807) is 0 Å². The van der Waals surface area contributed by atoms with E-state index in [4.69, 9.17) is 4.74 Å². The molecule has 0 amide bonds. The van der Waals surface area contributed by atoms with Crippen LogP contribution >= 0.6 is 0 Å². The van der Waals surface area contributed by atoms with Gasteiger partial charge in [-0.05, 0) is 26.3 Å². The molecule has 1 aromatic rings. The van der Waals surface area contributed by atoms with Crippen molar-refractivity contribution in [2.24, 2.45) is 0 Å². The molecule has 1 saturated heterocycles. The molecule has 1 atom stereocenters. The van der Waals surface area contributed by atoms with Crippen molar-refractivity contribution < 1.29 is 4.74 Å². The van der Waals surface area contributed by atoms with Crippen LogP contribution in [-0.4, -0.2) is 23.6 Å². The van der Waals surface area contributed by atoms with Gasteiger partial charge in [-0.1, -0.05) is 30.3 Å². The zero-order chi connectivity index (χ0) is 10.9. The van der Waals surface area contributed by atoms with Crippen LogP contribution in [0.15, 0.2) is 30.3 Å². The van der Waals surface area contributed by atoms with Crippen molar-refractivity contribution in [1.82, 2.24) is 4.90 Å². The summed E-state index contributed by atoms with van der Waals surface area (Å²) in [5.41, 5.74) is 1.42. The van der Waals surface area contributed by atoms with Crippen LogP contribution < -0.4 is 0 Å². The van der Waals surface area contributed by atoms with Gasteiger partial charge in [-0.15, -0.1) is 0 Å². The molecule has 0 spiro atoms. The van der Waals surface area contributed by atoms with Gasteiger partial charge in [0.15, 0.2) is 0 Å². The second-order valence-corrected chi connectivity index (χ2v) is 5.00. The third-order valence-electron chi connectivity index (χ3n) is 2.84. The summed E-state index contributed by atoms with van der Waals surface area (Å²) < 4.78 is 5.80. The number of rotatable bonds is 1. The summed E-state index contributed by atoms with van der Waals surface area (Å²) in [5, 5.41) is 0. The van der Waals surface area contributed by atoms with Crippen LogP contribution in [0, 0.1) is 0 Å². The molecule has 2 nitrogen and oxygen atoms in total. The zero-order valence-electron chi connectivity index (χ0n) is 9.73. The van der Waals surface area contributed by atoms with Crippen LogP contribution in [0.3, 0.4) is 0 Å². The smallest absolute Gasteiger partial charge is 0.137 e. The monoisotopic (exact) mass is 205 g/mol. The first-order chi connectivity index (χ1) is 7.09. The van der Waals surface area contributed by atoms with E-state index in [-0.39, 0.29) is 11.8 Å². The van der Waals surface area contributed by atoms with Gasteiger partial charge in [0.25, 0.3) is 0 Å². The quantitative estimate of drug-likeness (QED) is 0.699. The lowest BCUT2D eigenvalue weighted by Crippen LogP contribution is -2.41. The summed E-state index contributed by atoms with van der Waals surface area (Å²) in [5.74, 6) is 0. The molecule has 1 aromatic carbocycles. The minimum Gasteiger partial charge on any atom is -0.357 e. The highest BCUT2D eigenvalue weighted by Crippen LogP contribution is 2.32. The third-order valence-corrected chi connectivity index (χ3v) is 2.84. The van der Waals surface area contributed by atoms with E-state index < -0.39 is 0 Å². The van der Waals surface area contributed by atoms with Crippen molar-refractivity contribution in [1.29, 1.82) is 0 Å². The average molecular weight is 205 g/mol. The highest BCUT2D eigenvalue weighted by atomic mass is 16.5. The summed E-state index contributed by atoms with van der Waals surface area (Å²) in [6.07, 6.45) is 0.131. The maximum atomic E-state index is 5.80. The number of ether oxygens (including phenoxy) is 1. The number of nitrogens with zero attached hydrogens (tertiary/aromatic N) is 1. The second kappa shape index (κ2) is 3.95. The topological polar surface area (TPSA) is 12.5 Å². The second-order valence-electron chi connectivity index (χ2n) is 5.00. The van der Waals surface area contributed by atoms with Crippen molar-refractivity contribution in [3.05, 3.63) is 35.9 Å². The van der Waals surface area contributed by atoms with E-state index >= 15 is 0 Å². The number of hydrogen-bond donors (Lipinski definition) is 0. The fraction of sp³-hybridized carbons (Fsp3) is 0.538. The predicted octanol–water partition coefficient (Wildman–Crippen LogP) is 2.82. The molecule has 0 aliphatic carbocycles. The van der Waals surface area contributed by atoms with Crippen LogP contribution in [0.1, 0.15) is 32.6 Å². The highest BCUT2D eigenvalue weighted by Gasteiger charge is 2.34. The average Bonchev–Trinajstić information content (AvgIpc) is 2.67. The minimum absolute atomic E-state index is 0.131. The molecule has 0 bridgehead atoms. The minimum atomic E-state index is 0.131. The summed E-state index contributed by atoms with van der Waals surface area (Å²) in [4.78, 5) is 2.41. The van der Waals surface area contributed by atoms with E-state index in [1.807, 2.05) is 6.07 Å². The van der Waals surface area contributed by atoms with E-state index in [0.29, 0.717) is 0 Å². The van der Waals surface area contributed by atoms with Crippen LogP contribution in [-0.2, 0) is 4.74 Å². The van der Waals surface area contributed by atoms with Crippen molar-refractivity contribution in [3.8, 4) is 0 Å². The van der Waals surface area contributed by atoms with Gasteiger partial charge in [0.1, 0.15) is 6.23 Å².